The van der Waals surface area contributed by atoms with Crippen molar-refractivity contribution >= 4 is 5.91 Å². The zero-order chi connectivity index (χ0) is 9.84. The van der Waals surface area contributed by atoms with E-state index < -0.39 is 0 Å². The summed E-state index contributed by atoms with van der Waals surface area (Å²) in [5.74, 6) is 0.0452. The number of ether oxygens (including phenoxy) is 1. The van der Waals surface area contributed by atoms with Gasteiger partial charge in [0, 0.05) is 5.92 Å². The SMILES string of the molecule is C=CC1C=C(OC)C=CC1C(N)=O. The molecule has 1 aliphatic carbocycles. The van der Waals surface area contributed by atoms with Gasteiger partial charge in [-0.1, -0.05) is 12.2 Å². The van der Waals surface area contributed by atoms with E-state index in [2.05, 4.69) is 6.58 Å². The second-order valence-electron chi connectivity index (χ2n) is 2.87. The Labute approximate surface area is 77.6 Å². The number of allylic oxidation sites excluding steroid dienone is 3. The summed E-state index contributed by atoms with van der Waals surface area (Å²) in [6.07, 6.45) is 7.02. The van der Waals surface area contributed by atoms with Gasteiger partial charge >= 0.3 is 0 Å². The Hall–Kier alpha value is -1.51. The molecule has 0 fully saturated rings. The lowest BCUT2D eigenvalue weighted by Gasteiger charge is -2.19. The molecule has 2 unspecified atom stereocenters. The van der Waals surface area contributed by atoms with E-state index in [9.17, 15) is 4.79 Å². The van der Waals surface area contributed by atoms with Gasteiger partial charge in [0.1, 0.15) is 5.76 Å². The third-order valence-corrected chi connectivity index (χ3v) is 2.08. The van der Waals surface area contributed by atoms with Crippen LogP contribution in [0.3, 0.4) is 0 Å². The quantitative estimate of drug-likeness (QED) is 0.657. The van der Waals surface area contributed by atoms with Crippen molar-refractivity contribution in [1.29, 1.82) is 0 Å². The lowest BCUT2D eigenvalue weighted by atomic mass is 9.87. The van der Waals surface area contributed by atoms with Gasteiger partial charge in [0.2, 0.25) is 5.91 Å². The van der Waals surface area contributed by atoms with E-state index in [1.807, 2.05) is 6.08 Å². The molecule has 0 aromatic rings. The van der Waals surface area contributed by atoms with Crippen LogP contribution in [0, 0.1) is 11.8 Å². The van der Waals surface area contributed by atoms with E-state index in [1.54, 1.807) is 25.3 Å². The van der Waals surface area contributed by atoms with Gasteiger partial charge in [0.05, 0.1) is 13.0 Å². The number of methoxy groups -OCH3 is 1. The number of carbonyl (C=O) groups is 1. The van der Waals surface area contributed by atoms with E-state index in [0.717, 1.165) is 5.76 Å². The second kappa shape index (κ2) is 3.94. The van der Waals surface area contributed by atoms with Crippen molar-refractivity contribution in [2.75, 3.05) is 7.11 Å². The van der Waals surface area contributed by atoms with Crippen LogP contribution in [0.4, 0.5) is 0 Å². The number of rotatable bonds is 3. The Morgan fingerprint density at radius 2 is 2.46 bits per heavy atom. The van der Waals surface area contributed by atoms with Crippen molar-refractivity contribution in [3.05, 3.63) is 36.6 Å². The van der Waals surface area contributed by atoms with Crippen molar-refractivity contribution < 1.29 is 9.53 Å². The summed E-state index contributed by atoms with van der Waals surface area (Å²) in [6, 6.07) is 0. The minimum atomic E-state index is -0.340. The van der Waals surface area contributed by atoms with Crippen LogP contribution in [0.15, 0.2) is 36.6 Å². The summed E-state index contributed by atoms with van der Waals surface area (Å²) in [4.78, 5) is 11.0. The molecule has 0 aromatic carbocycles. The molecule has 2 N–H and O–H groups in total. The van der Waals surface area contributed by atoms with Crippen molar-refractivity contribution in [3.63, 3.8) is 0 Å². The summed E-state index contributed by atoms with van der Waals surface area (Å²) in [6.45, 7) is 3.64. The monoisotopic (exact) mass is 179 g/mol. The Morgan fingerprint density at radius 3 is 2.92 bits per heavy atom. The van der Waals surface area contributed by atoms with Gasteiger partial charge in [-0.15, -0.1) is 6.58 Å². The molecule has 1 rings (SSSR count). The first-order chi connectivity index (χ1) is 6.19. The molecule has 1 aliphatic rings. The van der Waals surface area contributed by atoms with Crippen LogP contribution in [0.25, 0.3) is 0 Å². The molecule has 0 saturated carbocycles. The first kappa shape index (κ1) is 9.58. The van der Waals surface area contributed by atoms with Crippen LogP contribution in [0.1, 0.15) is 0 Å². The third-order valence-electron chi connectivity index (χ3n) is 2.08. The highest BCUT2D eigenvalue weighted by atomic mass is 16.5. The molecular weight excluding hydrogens is 166 g/mol. The summed E-state index contributed by atoms with van der Waals surface area (Å²) < 4.78 is 5.03. The maximum Gasteiger partial charge on any atom is 0.225 e. The fourth-order valence-electron chi connectivity index (χ4n) is 1.31. The van der Waals surface area contributed by atoms with Gasteiger partial charge in [0.25, 0.3) is 0 Å². The molecule has 3 nitrogen and oxygen atoms in total. The van der Waals surface area contributed by atoms with Crippen molar-refractivity contribution in [2.45, 2.75) is 0 Å². The maximum atomic E-state index is 11.0. The van der Waals surface area contributed by atoms with Crippen molar-refractivity contribution in [2.24, 2.45) is 17.6 Å². The summed E-state index contributed by atoms with van der Waals surface area (Å²) in [5, 5.41) is 0. The minimum Gasteiger partial charge on any atom is -0.497 e. The second-order valence-corrected chi connectivity index (χ2v) is 2.87. The van der Waals surface area contributed by atoms with Crippen LogP contribution in [0.5, 0.6) is 0 Å². The highest BCUT2D eigenvalue weighted by Crippen LogP contribution is 2.23. The Morgan fingerprint density at radius 1 is 1.77 bits per heavy atom. The molecule has 0 saturated heterocycles. The zero-order valence-corrected chi connectivity index (χ0v) is 7.57. The molecule has 2 atom stereocenters. The fraction of sp³-hybridized carbons (Fsp3) is 0.300. The van der Waals surface area contributed by atoms with E-state index in [-0.39, 0.29) is 17.7 Å². The molecule has 13 heavy (non-hydrogen) atoms. The molecular formula is C10H13NO2. The van der Waals surface area contributed by atoms with Gasteiger partial charge in [-0.3, -0.25) is 4.79 Å². The molecule has 0 aliphatic heterocycles. The van der Waals surface area contributed by atoms with E-state index >= 15 is 0 Å². The largest absolute Gasteiger partial charge is 0.497 e. The standard InChI is InChI=1S/C10H13NO2/c1-3-7-6-8(13-2)4-5-9(7)10(11)12/h3-7,9H,1H2,2H3,(H2,11,12). The lowest BCUT2D eigenvalue weighted by Crippen LogP contribution is -2.28. The van der Waals surface area contributed by atoms with Crippen molar-refractivity contribution in [3.8, 4) is 0 Å². The van der Waals surface area contributed by atoms with Gasteiger partial charge in [-0.25, -0.2) is 0 Å². The van der Waals surface area contributed by atoms with Crippen LogP contribution >= 0.6 is 0 Å². The molecule has 0 radical (unpaired) electrons. The smallest absolute Gasteiger partial charge is 0.225 e. The Balaban J connectivity index is 2.85. The summed E-state index contributed by atoms with van der Waals surface area (Å²) >= 11 is 0. The lowest BCUT2D eigenvalue weighted by molar-refractivity contribution is -0.121. The van der Waals surface area contributed by atoms with E-state index in [0.29, 0.717) is 0 Å². The van der Waals surface area contributed by atoms with E-state index in [1.165, 1.54) is 0 Å². The Bertz CT molecular complexity index is 279. The maximum absolute atomic E-state index is 11.0. The van der Waals surface area contributed by atoms with E-state index in [4.69, 9.17) is 10.5 Å². The van der Waals surface area contributed by atoms with Crippen LogP contribution < -0.4 is 5.73 Å². The molecule has 0 aromatic heterocycles. The highest BCUT2D eigenvalue weighted by Gasteiger charge is 2.23. The first-order valence-electron chi connectivity index (χ1n) is 4.05. The predicted molar refractivity (Wildman–Crippen MR) is 50.6 cm³/mol. The number of nitrogens with two attached hydrogens (primary N) is 1. The van der Waals surface area contributed by atoms with Gasteiger partial charge in [-0.2, -0.15) is 0 Å². The fourth-order valence-corrected chi connectivity index (χ4v) is 1.31. The molecule has 0 heterocycles. The molecule has 1 amide bonds. The van der Waals surface area contributed by atoms with Crippen LogP contribution in [0.2, 0.25) is 0 Å². The number of hydrogen-bond acceptors (Lipinski definition) is 2. The number of carbonyl (C=O) groups excluding carboxylic acids is 1. The van der Waals surface area contributed by atoms with Crippen LogP contribution in [-0.4, -0.2) is 13.0 Å². The molecule has 0 spiro atoms. The predicted octanol–water partition coefficient (Wildman–Crippen LogP) is 0.990. The molecule has 3 heteroatoms. The number of hydrogen-bond donors (Lipinski definition) is 1. The average molecular weight is 179 g/mol. The molecule has 70 valence electrons. The van der Waals surface area contributed by atoms with Gasteiger partial charge < -0.3 is 10.5 Å². The minimum absolute atomic E-state index is 0.0579. The highest BCUT2D eigenvalue weighted by molar-refractivity contribution is 5.80. The summed E-state index contributed by atoms with van der Waals surface area (Å²) in [5.41, 5.74) is 5.21. The number of amides is 1. The van der Waals surface area contributed by atoms with Crippen molar-refractivity contribution in [1.82, 2.24) is 0 Å². The average Bonchev–Trinajstić information content (AvgIpc) is 2.16. The zero-order valence-electron chi connectivity index (χ0n) is 7.57. The number of primary amides is 1. The summed E-state index contributed by atoms with van der Waals surface area (Å²) in [7, 11) is 1.58. The van der Waals surface area contributed by atoms with Gasteiger partial charge in [-0.05, 0) is 12.2 Å². The Kier molecular flexibility index (Phi) is 2.90. The van der Waals surface area contributed by atoms with Crippen LogP contribution in [-0.2, 0) is 9.53 Å². The van der Waals surface area contributed by atoms with Gasteiger partial charge in [0.15, 0.2) is 0 Å². The molecule has 0 bridgehead atoms. The first-order valence-corrected chi connectivity index (χ1v) is 4.05. The normalized spacial score (nSPS) is 26.4. The third kappa shape index (κ3) is 1.99. The topological polar surface area (TPSA) is 52.3 Å².